The van der Waals surface area contributed by atoms with Crippen LogP contribution >= 0.6 is 0 Å². The maximum atomic E-state index is 13.7. The molecule has 2 heterocycles. The van der Waals surface area contributed by atoms with Crippen LogP contribution in [0.1, 0.15) is 61.8 Å². The average molecular weight is 533 g/mol. The quantitative estimate of drug-likeness (QED) is 0.307. The SMILES string of the molecule is CCCCN1C(=O)C(c2ccccc2)=C(c2cccc(C3=C(c4ccccc4)C(=O)N(CCCC)C3=O)c2)C1=O. The summed E-state index contributed by atoms with van der Waals surface area (Å²) in [7, 11) is 0. The number of carbonyl (C=O) groups is 4. The maximum absolute atomic E-state index is 13.7. The first-order valence-electron chi connectivity index (χ1n) is 13.9. The van der Waals surface area contributed by atoms with E-state index in [0.29, 0.717) is 70.5 Å². The molecule has 0 N–H and O–H groups in total. The fraction of sp³-hybridized carbons (Fsp3) is 0.235. The molecule has 0 saturated heterocycles. The summed E-state index contributed by atoms with van der Waals surface area (Å²) in [4.78, 5) is 57.2. The second kappa shape index (κ2) is 11.7. The van der Waals surface area contributed by atoms with Crippen molar-refractivity contribution in [3.63, 3.8) is 0 Å². The van der Waals surface area contributed by atoms with Gasteiger partial charge < -0.3 is 0 Å². The molecule has 3 aromatic rings. The van der Waals surface area contributed by atoms with Crippen molar-refractivity contribution >= 4 is 45.9 Å². The van der Waals surface area contributed by atoms with Gasteiger partial charge in [0.05, 0.1) is 22.3 Å². The van der Waals surface area contributed by atoms with E-state index in [9.17, 15) is 19.2 Å². The Bertz CT molecular complexity index is 1420. The first-order valence-corrected chi connectivity index (χ1v) is 13.9. The number of imide groups is 2. The van der Waals surface area contributed by atoms with Crippen molar-refractivity contribution in [1.82, 2.24) is 9.80 Å². The summed E-state index contributed by atoms with van der Waals surface area (Å²) in [6.45, 7) is 4.72. The Balaban J connectivity index is 1.67. The Hall–Kier alpha value is -4.58. The third kappa shape index (κ3) is 4.81. The lowest BCUT2D eigenvalue weighted by Crippen LogP contribution is -2.32. The van der Waals surface area contributed by atoms with Crippen LogP contribution < -0.4 is 0 Å². The topological polar surface area (TPSA) is 74.8 Å². The molecule has 0 spiro atoms. The minimum atomic E-state index is -0.342. The fourth-order valence-electron chi connectivity index (χ4n) is 5.30. The molecule has 0 aromatic heterocycles. The Morgan fingerprint density at radius 1 is 0.450 bits per heavy atom. The summed E-state index contributed by atoms with van der Waals surface area (Å²) < 4.78 is 0. The third-order valence-corrected chi connectivity index (χ3v) is 7.37. The molecule has 0 bridgehead atoms. The van der Waals surface area contributed by atoms with Crippen molar-refractivity contribution in [3.8, 4) is 0 Å². The lowest BCUT2D eigenvalue weighted by molar-refractivity contribution is -0.137. The van der Waals surface area contributed by atoms with E-state index in [1.807, 2.05) is 74.5 Å². The van der Waals surface area contributed by atoms with Gasteiger partial charge in [-0.05, 0) is 41.2 Å². The lowest BCUT2D eigenvalue weighted by Gasteiger charge is -2.15. The van der Waals surface area contributed by atoms with Gasteiger partial charge in [0.1, 0.15) is 0 Å². The van der Waals surface area contributed by atoms with Crippen LogP contribution in [0, 0.1) is 0 Å². The minimum absolute atomic E-state index is 0.313. The molecule has 2 aliphatic heterocycles. The van der Waals surface area contributed by atoms with Crippen LogP contribution in [-0.2, 0) is 19.2 Å². The summed E-state index contributed by atoms with van der Waals surface area (Å²) in [5.74, 6) is -1.31. The van der Waals surface area contributed by atoms with E-state index < -0.39 is 0 Å². The van der Waals surface area contributed by atoms with Crippen molar-refractivity contribution in [3.05, 3.63) is 107 Å². The molecule has 6 nitrogen and oxygen atoms in total. The smallest absolute Gasteiger partial charge is 0.262 e. The summed E-state index contributed by atoms with van der Waals surface area (Å²) in [6.07, 6.45) is 3.13. The Labute approximate surface area is 234 Å². The highest BCUT2D eigenvalue weighted by Crippen LogP contribution is 2.39. The summed E-state index contributed by atoms with van der Waals surface area (Å²) >= 11 is 0. The van der Waals surface area contributed by atoms with Crippen LogP contribution in [0.3, 0.4) is 0 Å². The Morgan fingerprint density at radius 3 is 1.12 bits per heavy atom. The van der Waals surface area contributed by atoms with Crippen molar-refractivity contribution < 1.29 is 19.2 Å². The molecule has 0 aliphatic carbocycles. The van der Waals surface area contributed by atoms with E-state index in [-0.39, 0.29) is 23.6 Å². The maximum Gasteiger partial charge on any atom is 0.262 e. The van der Waals surface area contributed by atoms with Gasteiger partial charge in [0, 0.05) is 13.1 Å². The first-order chi connectivity index (χ1) is 19.5. The third-order valence-electron chi connectivity index (χ3n) is 7.37. The Morgan fingerprint density at radius 2 is 0.775 bits per heavy atom. The average Bonchev–Trinajstić information content (AvgIpc) is 3.39. The number of amides is 4. The highest BCUT2D eigenvalue weighted by molar-refractivity contribution is 6.50. The largest absolute Gasteiger partial charge is 0.274 e. The predicted molar refractivity (Wildman–Crippen MR) is 156 cm³/mol. The van der Waals surface area contributed by atoms with E-state index in [1.165, 1.54) is 9.80 Å². The van der Waals surface area contributed by atoms with Gasteiger partial charge in [0.15, 0.2) is 0 Å². The Kier molecular flexibility index (Phi) is 7.87. The molecule has 0 unspecified atom stereocenters. The van der Waals surface area contributed by atoms with Gasteiger partial charge in [-0.25, -0.2) is 0 Å². The van der Waals surface area contributed by atoms with Gasteiger partial charge in [-0.3, -0.25) is 29.0 Å². The number of hydrogen-bond acceptors (Lipinski definition) is 4. The number of rotatable bonds is 10. The van der Waals surface area contributed by atoms with E-state index >= 15 is 0 Å². The van der Waals surface area contributed by atoms with Crippen LogP contribution in [0.5, 0.6) is 0 Å². The van der Waals surface area contributed by atoms with Gasteiger partial charge >= 0.3 is 0 Å². The molecule has 3 aromatic carbocycles. The molecule has 2 aliphatic rings. The molecule has 6 heteroatoms. The molecule has 4 amide bonds. The summed E-state index contributed by atoms with van der Waals surface area (Å²) in [5.41, 5.74) is 3.77. The van der Waals surface area contributed by atoms with Crippen LogP contribution in [-0.4, -0.2) is 46.5 Å². The van der Waals surface area contributed by atoms with Crippen LogP contribution in [0.2, 0.25) is 0 Å². The zero-order valence-electron chi connectivity index (χ0n) is 22.9. The molecular formula is C34H32N2O4. The summed E-state index contributed by atoms with van der Waals surface area (Å²) in [6, 6.07) is 25.5. The van der Waals surface area contributed by atoms with Gasteiger partial charge in [0.25, 0.3) is 23.6 Å². The molecule has 0 fully saturated rings. The van der Waals surface area contributed by atoms with Gasteiger partial charge in [-0.15, -0.1) is 0 Å². The monoisotopic (exact) mass is 532 g/mol. The minimum Gasteiger partial charge on any atom is -0.274 e. The number of nitrogens with zero attached hydrogens (tertiary/aromatic N) is 2. The number of unbranched alkanes of at least 4 members (excludes halogenated alkanes) is 2. The van der Waals surface area contributed by atoms with Crippen molar-refractivity contribution in [2.24, 2.45) is 0 Å². The molecule has 5 rings (SSSR count). The normalized spacial score (nSPS) is 15.8. The van der Waals surface area contributed by atoms with Crippen molar-refractivity contribution in [1.29, 1.82) is 0 Å². The van der Waals surface area contributed by atoms with Gasteiger partial charge in [0.2, 0.25) is 0 Å². The second-order valence-corrected chi connectivity index (χ2v) is 10.0. The molecule has 0 radical (unpaired) electrons. The predicted octanol–water partition coefficient (Wildman–Crippen LogP) is 5.85. The number of hydrogen-bond donors (Lipinski definition) is 0. The fourth-order valence-corrected chi connectivity index (χ4v) is 5.30. The zero-order valence-corrected chi connectivity index (χ0v) is 22.9. The highest BCUT2D eigenvalue weighted by atomic mass is 16.2. The molecule has 0 atom stereocenters. The van der Waals surface area contributed by atoms with Crippen molar-refractivity contribution in [2.75, 3.05) is 13.1 Å². The lowest BCUT2D eigenvalue weighted by atomic mass is 9.91. The first kappa shape index (κ1) is 27.0. The molecular weight excluding hydrogens is 500 g/mol. The zero-order chi connectivity index (χ0) is 28.2. The van der Waals surface area contributed by atoms with Crippen molar-refractivity contribution in [2.45, 2.75) is 39.5 Å². The molecule has 202 valence electrons. The molecule has 40 heavy (non-hydrogen) atoms. The van der Waals surface area contributed by atoms with Crippen LogP contribution in [0.25, 0.3) is 22.3 Å². The van der Waals surface area contributed by atoms with Crippen LogP contribution in [0.15, 0.2) is 84.9 Å². The second-order valence-electron chi connectivity index (χ2n) is 10.0. The van der Waals surface area contributed by atoms with Gasteiger partial charge in [-0.2, -0.15) is 0 Å². The number of benzene rings is 3. The summed E-state index contributed by atoms with van der Waals surface area (Å²) in [5, 5.41) is 0. The standard InChI is InChI=1S/C34H32N2O4/c1-3-5-20-35-31(37)27(23-14-9-7-10-15-23)29(33(35)39)25-18-13-19-26(22-25)30-28(24-16-11-8-12-17-24)32(38)36(34(30)40)21-6-4-2/h7-19,22H,3-6,20-21H2,1-2H3. The van der Waals surface area contributed by atoms with Crippen LogP contribution in [0.4, 0.5) is 0 Å². The van der Waals surface area contributed by atoms with E-state index in [2.05, 4.69) is 0 Å². The van der Waals surface area contributed by atoms with E-state index in [1.54, 1.807) is 24.3 Å². The van der Waals surface area contributed by atoms with E-state index in [0.717, 1.165) is 12.8 Å². The van der Waals surface area contributed by atoms with E-state index in [4.69, 9.17) is 0 Å². The van der Waals surface area contributed by atoms with Gasteiger partial charge in [-0.1, -0.05) is 106 Å². The molecule has 0 saturated carbocycles. The number of carbonyl (C=O) groups excluding carboxylic acids is 4. The highest BCUT2D eigenvalue weighted by Gasteiger charge is 2.41.